The minimum absolute atomic E-state index is 0.116. The van der Waals surface area contributed by atoms with E-state index in [4.69, 9.17) is 5.11 Å². The van der Waals surface area contributed by atoms with Crippen molar-refractivity contribution >= 4 is 5.97 Å². The van der Waals surface area contributed by atoms with E-state index in [9.17, 15) is 4.79 Å². The topological polar surface area (TPSA) is 40.5 Å². The Morgan fingerprint density at radius 2 is 2.00 bits per heavy atom. The van der Waals surface area contributed by atoms with E-state index < -0.39 is 5.97 Å². The number of hydrogen-bond donors (Lipinski definition) is 1. The third-order valence-electron chi connectivity index (χ3n) is 4.37. The fraction of sp³-hybridized carbons (Fsp3) is 0.533. The van der Waals surface area contributed by atoms with Gasteiger partial charge in [-0.05, 0) is 30.7 Å². The van der Waals surface area contributed by atoms with Crippen molar-refractivity contribution < 1.29 is 9.90 Å². The first-order chi connectivity index (χ1) is 8.72. The summed E-state index contributed by atoms with van der Waals surface area (Å²) in [5.74, 6) is -0.130. The van der Waals surface area contributed by atoms with Crippen LogP contribution in [0.1, 0.15) is 24.8 Å². The van der Waals surface area contributed by atoms with E-state index in [0.717, 1.165) is 25.9 Å². The van der Waals surface area contributed by atoms with Gasteiger partial charge in [0.25, 0.3) is 0 Å². The Morgan fingerprint density at radius 3 is 2.72 bits per heavy atom. The van der Waals surface area contributed by atoms with Crippen molar-refractivity contribution in [2.75, 3.05) is 6.54 Å². The number of likely N-dealkylation sites (tertiary alicyclic amines) is 1. The zero-order chi connectivity index (χ0) is 12.5. The lowest BCUT2D eigenvalue weighted by atomic mass is 9.82. The molecule has 1 aromatic carbocycles. The number of hydrogen-bond acceptors (Lipinski definition) is 2. The first-order valence-electron chi connectivity index (χ1n) is 6.73. The van der Waals surface area contributed by atoms with Gasteiger partial charge in [0.15, 0.2) is 0 Å². The van der Waals surface area contributed by atoms with Crippen molar-refractivity contribution in [3.05, 3.63) is 35.9 Å². The van der Waals surface area contributed by atoms with E-state index in [1.807, 2.05) is 6.07 Å². The molecule has 0 amide bonds. The number of carbonyl (C=O) groups is 1. The fourth-order valence-electron chi connectivity index (χ4n) is 3.55. The van der Waals surface area contributed by atoms with Gasteiger partial charge >= 0.3 is 5.97 Å². The summed E-state index contributed by atoms with van der Waals surface area (Å²) in [4.78, 5) is 13.6. The zero-order valence-corrected chi connectivity index (χ0v) is 10.5. The number of rotatable bonds is 3. The van der Waals surface area contributed by atoms with Crippen LogP contribution in [0.15, 0.2) is 30.3 Å². The molecule has 2 aliphatic rings. The molecule has 1 N–H and O–H groups in total. The third kappa shape index (κ3) is 2.27. The summed E-state index contributed by atoms with van der Waals surface area (Å²) in [7, 11) is 0. The van der Waals surface area contributed by atoms with Gasteiger partial charge < -0.3 is 5.11 Å². The van der Waals surface area contributed by atoms with Crippen LogP contribution in [0.2, 0.25) is 0 Å². The van der Waals surface area contributed by atoms with Crippen molar-refractivity contribution in [1.29, 1.82) is 0 Å². The number of carboxylic acids is 1. The normalized spacial score (nSPS) is 31.4. The van der Waals surface area contributed by atoms with E-state index in [-0.39, 0.29) is 5.92 Å². The predicted molar refractivity (Wildman–Crippen MR) is 69.1 cm³/mol. The van der Waals surface area contributed by atoms with Crippen LogP contribution in [-0.4, -0.2) is 28.6 Å². The molecular formula is C15H19NO2. The molecule has 0 aromatic heterocycles. The third-order valence-corrected chi connectivity index (χ3v) is 4.37. The van der Waals surface area contributed by atoms with Crippen LogP contribution in [0.3, 0.4) is 0 Å². The highest BCUT2D eigenvalue weighted by Crippen LogP contribution is 2.39. The van der Waals surface area contributed by atoms with Crippen molar-refractivity contribution in [3.63, 3.8) is 0 Å². The van der Waals surface area contributed by atoms with Crippen LogP contribution < -0.4 is 0 Å². The van der Waals surface area contributed by atoms with Crippen molar-refractivity contribution in [2.24, 2.45) is 11.8 Å². The predicted octanol–water partition coefficient (Wildman–Crippen LogP) is 2.37. The minimum Gasteiger partial charge on any atom is -0.481 e. The standard InChI is InChI=1S/C15H19NO2/c17-15(18)13-6-12-7-14(8-13)16(10-12)9-11-4-2-1-3-5-11/h1-5,12-14H,6-10H2,(H,17,18). The Labute approximate surface area is 107 Å². The van der Waals surface area contributed by atoms with Gasteiger partial charge in [0.2, 0.25) is 0 Å². The van der Waals surface area contributed by atoms with E-state index in [1.165, 1.54) is 12.0 Å². The molecule has 1 aliphatic heterocycles. The maximum atomic E-state index is 11.1. The molecule has 1 heterocycles. The molecule has 1 saturated carbocycles. The first kappa shape index (κ1) is 11.7. The summed E-state index contributed by atoms with van der Waals surface area (Å²) in [6, 6.07) is 10.9. The largest absolute Gasteiger partial charge is 0.481 e. The number of aliphatic carboxylic acids is 1. The van der Waals surface area contributed by atoms with Crippen LogP contribution in [0.25, 0.3) is 0 Å². The molecule has 18 heavy (non-hydrogen) atoms. The first-order valence-corrected chi connectivity index (χ1v) is 6.73. The average Bonchev–Trinajstić information content (AvgIpc) is 2.65. The molecule has 0 spiro atoms. The van der Waals surface area contributed by atoms with Gasteiger partial charge in [-0.2, -0.15) is 0 Å². The van der Waals surface area contributed by atoms with Crippen LogP contribution in [-0.2, 0) is 11.3 Å². The second-order valence-corrected chi connectivity index (χ2v) is 5.68. The Bertz CT molecular complexity index is 431. The Balaban J connectivity index is 1.68. The highest BCUT2D eigenvalue weighted by Gasteiger charge is 2.41. The van der Waals surface area contributed by atoms with Gasteiger partial charge in [0.1, 0.15) is 0 Å². The molecule has 2 fully saturated rings. The summed E-state index contributed by atoms with van der Waals surface area (Å²) >= 11 is 0. The van der Waals surface area contributed by atoms with Crippen LogP contribution in [0.4, 0.5) is 0 Å². The van der Waals surface area contributed by atoms with Crippen LogP contribution >= 0.6 is 0 Å². The molecule has 3 heteroatoms. The highest BCUT2D eigenvalue weighted by molar-refractivity contribution is 5.70. The van der Waals surface area contributed by atoms with Crippen molar-refractivity contribution in [1.82, 2.24) is 4.90 Å². The Hall–Kier alpha value is -1.35. The molecule has 1 saturated heterocycles. The summed E-state index contributed by atoms with van der Waals surface area (Å²) < 4.78 is 0. The summed E-state index contributed by atoms with van der Waals surface area (Å²) in [6.07, 6.45) is 2.90. The van der Waals surface area contributed by atoms with E-state index in [1.54, 1.807) is 0 Å². The SMILES string of the molecule is O=C(O)C1CC2CC(C1)N(Cc1ccccc1)C2. The number of fused-ring (bicyclic) bond motifs is 2. The fourth-order valence-corrected chi connectivity index (χ4v) is 3.55. The maximum Gasteiger partial charge on any atom is 0.306 e. The van der Waals surface area contributed by atoms with Gasteiger partial charge in [0, 0.05) is 19.1 Å². The molecule has 96 valence electrons. The van der Waals surface area contributed by atoms with Crippen molar-refractivity contribution in [3.8, 4) is 0 Å². The highest BCUT2D eigenvalue weighted by atomic mass is 16.4. The lowest BCUT2D eigenvalue weighted by Crippen LogP contribution is -2.32. The molecule has 3 rings (SSSR count). The van der Waals surface area contributed by atoms with Crippen LogP contribution in [0, 0.1) is 11.8 Å². The zero-order valence-electron chi connectivity index (χ0n) is 10.5. The lowest BCUT2D eigenvalue weighted by molar-refractivity contribution is -0.143. The number of benzene rings is 1. The number of nitrogens with zero attached hydrogens (tertiary/aromatic N) is 1. The average molecular weight is 245 g/mol. The minimum atomic E-state index is -0.605. The van der Waals surface area contributed by atoms with Crippen molar-refractivity contribution in [2.45, 2.75) is 31.8 Å². The Morgan fingerprint density at radius 1 is 1.22 bits per heavy atom. The molecule has 3 unspecified atom stereocenters. The Kier molecular flexibility index (Phi) is 3.08. The summed E-state index contributed by atoms with van der Waals surface area (Å²) in [5, 5.41) is 9.16. The van der Waals surface area contributed by atoms with Gasteiger partial charge in [-0.25, -0.2) is 0 Å². The number of carboxylic acid groups (broad SMARTS) is 1. The molecule has 1 aromatic rings. The molecule has 3 nitrogen and oxygen atoms in total. The molecule has 3 atom stereocenters. The molecule has 2 bridgehead atoms. The van der Waals surface area contributed by atoms with Gasteiger partial charge in [0.05, 0.1) is 5.92 Å². The second kappa shape index (κ2) is 4.73. The molecular weight excluding hydrogens is 226 g/mol. The second-order valence-electron chi connectivity index (χ2n) is 5.68. The van der Waals surface area contributed by atoms with Gasteiger partial charge in [-0.1, -0.05) is 30.3 Å². The van der Waals surface area contributed by atoms with Gasteiger partial charge in [-0.15, -0.1) is 0 Å². The monoisotopic (exact) mass is 245 g/mol. The van der Waals surface area contributed by atoms with Gasteiger partial charge in [-0.3, -0.25) is 9.69 Å². The smallest absolute Gasteiger partial charge is 0.306 e. The lowest BCUT2D eigenvalue weighted by Gasteiger charge is -2.27. The van der Waals surface area contributed by atoms with Crippen LogP contribution in [0.5, 0.6) is 0 Å². The summed E-state index contributed by atoms with van der Waals surface area (Å²) in [6.45, 7) is 2.04. The maximum absolute atomic E-state index is 11.1. The van der Waals surface area contributed by atoms with E-state index in [2.05, 4.69) is 29.2 Å². The molecule has 0 radical (unpaired) electrons. The quantitative estimate of drug-likeness (QED) is 0.888. The van der Waals surface area contributed by atoms with E-state index in [0.29, 0.717) is 12.0 Å². The molecule has 1 aliphatic carbocycles. The summed E-state index contributed by atoms with van der Waals surface area (Å²) in [5.41, 5.74) is 1.33. The van der Waals surface area contributed by atoms with E-state index >= 15 is 0 Å².